The minimum Gasteiger partial charge on any atom is -0.321 e. The number of hydrogen-bond acceptors (Lipinski definition) is 2. The summed E-state index contributed by atoms with van der Waals surface area (Å²) in [6.45, 7) is 0. The van der Waals surface area contributed by atoms with Crippen LogP contribution in [0.5, 0.6) is 0 Å². The summed E-state index contributed by atoms with van der Waals surface area (Å²) in [6, 6.07) is 10.2. The zero-order chi connectivity index (χ0) is 11.0. The highest BCUT2D eigenvalue weighted by Crippen LogP contribution is 2.41. The fraction of sp³-hybridized carbons (Fsp3) is 0.308. The Balaban J connectivity index is 2.06. The van der Waals surface area contributed by atoms with Crippen LogP contribution in [0.1, 0.15) is 24.8 Å². The maximum Gasteiger partial charge on any atom is 0.0700 e. The van der Waals surface area contributed by atoms with E-state index in [1.807, 2.05) is 24.4 Å². The smallest absolute Gasteiger partial charge is 0.0700 e. The Morgan fingerprint density at radius 1 is 1.19 bits per heavy atom. The molecule has 1 aliphatic rings. The number of nitrogens with zero attached hydrogens (tertiary/aromatic N) is 1. The van der Waals surface area contributed by atoms with Gasteiger partial charge in [-0.15, -0.1) is 0 Å². The van der Waals surface area contributed by atoms with E-state index in [2.05, 4.69) is 22.3 Å². The highest BCUT2D eigenvalue weighted by atomic mass is 15.1. The molecule has 3 heteroatoms. The van der Waals surface area contributed by atoms with E-state index in [0.29, 0.717) is 0 Å². The molecule has 0 spiro atoms. The number of H-pyrrole nitrogens is 1. The van der Waals surface area contributed by atoms with Crippen molar-refractivity contribution in [2.45, 2.75) is 24.8 Å². The van der Waals surface area contributed by atoms with Crippen LogP contribution in [0.25, 0.3) is 11.3 Å². The van der Waals surface area contributed by atoms with Crippen molar-refractivity contribution in [3.63, 3.8) is 0 Å². The van der Waals surface area contributed by atoms with E-state index < -0.39 is 0 Å². The molecule has 1 fully saturated rings. The van der Waals surface area contributed by atoms with Gasteiger partial charge in [0, 0.05) is 11.1 Å². The lowest BCUT2D eigenvalue weighted by Crippen LogP contribution is -2.43. The van der Waals surface area contributed by atoms with Crippen molar-refractivity contribution in [3.8, 4) is 11.3 Å². The normalized spacial score (nSPS) is 18.1. The van der Waals surface area contributed by atoms with Gasteiger partial charge in [0.25, 0.3) is 0 Å². The average molecular weight is 213 g/mol. The summed E-state index contributed by atoms with van der Waals surface area (Å²) < 4.78 is 0. The Bertz CT molecular complexity index is 483. The lowest BCUT2D eigenvalue weighted by atomic mass is 9.72. The van der Waals surface area contributed by atoms with Gasteiger partial charge in [0.05, 0.1) is 11.9 Å². The van der Waals surface area contributed by atoms with Crippen LogP contribution >= 0.6 is 0 Å². The van der Waals surface area contributed by atoms with Crippen molar-refractivity contribution in [2.75, 3.05) is 0 Å². The van der Waals surface area contributed by atoms with Crippen molar-refractivity contribution in [1.82, 2.24) is 10.2 Å². The molecule has 2 aromatic rings. The van der Waals surface area contributed by atoms with E-state index >= 15 is 0 Å². The molecule has 0 aliphatic heterocycles. The highest BCUT2D eigenvalue weighted by Gasteiger charge is 2.37. The Labute approximate surface area is 94.7 Å². The number of aromatic amines is 1. The lowest BCUT2D eigenvalue weighted by Gasteiger charge is -2.38. The Hall–Kier alpha value is -1.61. The molecule has 16 heavy (non-hydrogen) atoms. The Kier molecular flexibility index (Phi) is 2.07. The maximum absolute atomic E-state index is 6.35. The predicted octanol–water partition coefficient (Wildman–Crippen LogP) is 2.41. The van der Waals surface area contributed by atoms with Crippen molar-refractivity contribution in [3.05, 3.63) is 42.1 Å². The van der Waals surface area contributed by atoms with Crippen molar-refractivity contribution in [2.24, 2.45) is 5.73 Å². The largest absolute Gasteiger partial charge is 0.321 e. The van der Waals surface area contributed by atoms with Crippen LogP contribution in [0.3, 0.4) is 0 Å². The number of nitrogens with one attached hydrogen (secondary N) is 1. The number of benzene rings is 1. The number of nitrogens with two attached hydrogens (primary N) is 1. The van der Waals surface area contributed by atoms with Gasteiger partial charge in [-0.05, 0) is 24.8 Å². The SMILES string of the molecule is NC1(c2cn[nH]c2-c2ccccc2)CCC1. The molecule has 3 rings (SSSR count). The van der Waals surface area contributed by atoms with E-state index in [-0.39, 0.29) is 5.54 Å². The summed E-state index contributed by atoms with van der Waals surface area (Å²) in [6.07, 6.45) is 5.22. The Morgan fingerprint density at radius 2 is 1.94 bits per heavy atom. The van der Waals surface area contributed by atoms with Crippen molar-refractivity contribution < 1.29 is 0 Å². The first kappa shape index (κ1) is 9.60. The van der Waals surface area contributed by atoms with Gasteiger partial charge in [-0.1, -0.05) is 30.3 Å². The van der Waals surface area contributed by atoms with E-state index in [4.69, 9.17) is 5.73 Å². The molecule has 0 bridgehead atoms. The highest BCUT2D eigenvalue weighted by molar-refractivity contribution is 5.64. The van der Waals surface area contributed by atoms with Gasteiger partial charge in [-0.25, -0.2) is 0 Å². The maximum atomic E-state index is 6.35. The van der Waals surface area contributed by atoms with Crippen LogP contribution in [-0.2, 0) is 5.54 Å². The molecule has 3 nitrogen and oxygen atoms in total. The minimum atomic E-state index is -0.155. The van der Waals surface area contributed by atoms with Crippen LogP contribution in [0.4, 0.5) is 0 Å². The fourth-order valence-electron chi connectivity index (χ4n) is 2.32. The second-order valence-electron chi connectivity index (χ2n) is 4.53. The van der Waals surface area contributed by atoms with Crippen LogP contribution in [0.15, 0.2) is 36.5 Å². The third kappa shape index (κ3) is 1.36. The quantitative estimate of drug-likeness (QED) is 0.805. The van der Waals surface area contributed by atoms with Gasteiger partial charge in [0.1, 0.15) is 0 Å². The summed E-state index contributed by atoms with van der Waals surface area (Å²) in [5, 5.41) is 7.21. The molecule has 1 saturated carbocycles. The molecule has 1 aromatic heterocycles. The molecule has 1 aromatic carbocycles. The third-order valence-corrected chi connectivity index (χ3v) is 3.48. The molecule has 3 N–H and O–H groups in total. The molecule has 0 atom stereocenters. The first-order valence-electron chi connectivity index (χ1n) is 5.68. The summed E-state index contributed by atoms with van der Waals surface area (Å²) in [5.74, 6) is 0. The van der Waals surface area contributed by atoms with Gasteiger partial charge in [-0.2, -0.15) is 5.10 Å². The second-order valence-corrected chi connectivity index (χ2v) is 4.53. The first-order valence-corrected chi connectivity index (χ1v) is 5.68. The van der Waals surface area contributed by atoms with E-state index in [1.165, 1.54) is 6.42 Å². The predicted molar refractivity (Wildman–Crippen MR) is 63.7 cm³/mol. The van der Waals surface area contributed by atoms with Crippen LogP contribution in [0.2, 0.25) is 0 Å². The van der Waals surface area contributed by atoms with Gasteiger partial charge in [-0.3, -0.25) is 5.10 Å². The summed E-state index contributed by atoms with van der Waals surface area (Å²) in [7, 11) is 0. The van der Waals surface area contributed by atoms with E-state index in [0.717, 1.165) is 29.7 Å². The molecule has 0 unspecified atom stereocenters. The molecular formula is C13H15N3. The van der Waals surface area contributed by atoms with Crippen LogP contribution < -0.4 is 5.73 Å². The molecule has 0 radical (unpaired) electrons. The molecule has 0 amide bonds. The fourth-order valence-corrected chi connectivity index (χ4v) is 2.32. The van der Waals surface area contributed by atoms with Gasteiger partial charge >= 0.3 is 0 Å². The first-order chi connectivity index (χ1) is 7.80. The molecule has 0 saturated heterocycles. The number of aromatic nitrogens is 2. The lowest BCUT2D eigenvalue weighted by molar-refractivity contribution is 0.254. The van der Waals surface area contributed by atoms with Gasteiger partial charge < -0.3 is 5.73 Å². The minimum absolute atomic E-state index is 0.155. The van der Waals surface area contributed by atoms with E-state index in [1.54, 1.807) is 0 Å². The molecule has 82 valence electrons. The zero-order valence-corrected chi connectivity index (χ0v) is 9.11. The summed E-state index contributed by atoms with van der Waals surface area (Å²) in [4.78, 5) is 0. The van der Waals surface area contributed by atoms with Crippen molar-refractivity contribution in [1.29, 1.82) is 0 Å². The van der Waals surface area contributed by atoms with Crippen LogP contribution in [0, 0.1) is 0 Å². The second kappa shape index (κ2) is 3.46. The molecular weight excluding hydrogens is 198 g/mol. The summed E-state index contributed by atoms with van der Waals surface area (Å²) in [5.41, 5.74) is 9.58. The molecule has 1 heterocycles. The van der Waals surface area contributed by atoms with Gasteiger partial charge in [0.15, 0.2) is 0 Å². The third-order valence-electron chi connectivity index (χ3n) is 3.48. The van der Waals surface area contributed by atoms with E-state index in [9.17, 15) is 0 Å². The standard InChI is InChI=1S/C13H15N3/c14-13(7-4-8-13)11-9-15-16-12(11)10-5-2-1-3-6-10/h1-3,5-6,9H,4,7-8,14H2,(H,15,16). The number of rotatable bonds is 2. The summed E-state index contributed by atoms with van der Waals surface area (Å²) >= 11 is 0. The van der Waals surface area contributed by atoms with Crippen LogP contribution in [-0.4, -0.2) is 10.2 Å². The van der Waals surface area contributed by atoms with Crippen molar-refractivity contribution >= 4 is 0 Å². The zero-order valence-electron chi connectivity index (χ0n) is 9.11. The average Bonchev–Trinajstić information content (AvgIpc) is 2.76. The number of hydrogen-bond donors (Lipinski definition) is 2. The Morgan fingerprint density at radius 3 is 2.56 bits per heavy atom. The van der Waals surface area contributed by atoms with Gasteiger partial charge in [0.2, 0.25) is 0 Å². The topological polar surface area (TPSA) is 54.7 Å². The molecule has 1 aliphatic carbocycles. The monoisotopic (exact) mass is 213 g/mol.